The number of likely N-dealkylation sites (N-methyl/N-ethyl adjacent to an activating group) is 1. The van der Waals surface area contributed by atoms with Crippen molar-refractivity contribution in [1.82, 2.24) is 15.1 Å². The largest absolute Gasteiger partial charge is 0.380 e. The van der Waals surface area contributed by atoms with E-state index in [1.54, 1.807) is 0 Å². The molecule has 1 aliphatic heterocycles. The lowest BCUT2D eigenvalue weighted by molar-refractivity contribution is 0.0960. The summed E-state index contributed by atoms with van der Waals surface area (Å²) in [6.45, 7) is 7.81. The van der Waals surface area contributed by atoms with Crippen molar-refractivity contribution in [2.75, 3.05) is 60.0 Å². The van der Waals surface area contributed by atoms with Gasteiger partial charge < -0.3 is 15.0 Å². The minimum atomic E-state index is 0.724. The van der Waals surface area contributed by atoms with Gasteiger partial charge in [0, 0.05) is 25.7 Å². The maximum atomic E-state index is 5.76. The molecule has 0 spiro atoms. The van der Waals surface area contributed by atoms with Gasteiger partial charge in [0.05, 0.1) is 13.2 Å². The molecule has 0 radical (unpaired) electrons. The van der Waals surface area contributed by atoms with E-state index in [0.717, 1.165) is 31.7 Å². The SMILES string of the molecule is CN[C@H]1C[C@H]1COCCN1CCCN(C)CC1. The highest BCUT2D eigenvalue weighted by molar-refractivity contribution is 4.91. The number of nitrogens with one attached hydrogen (secondary N) is 1. The van der Waals surface area contributed by atoms with E-state index >= 15 is 0 Å². The van der Waals surface area contributed by atoms with Crippen molar-refractivity contribution < 1.29 is 4.74 Å². The molecule has 2 fully saturated rings. The summed E-state index contributed by atoms with van der Waals surface area (Å²) >= 11 is 0. The third-order valence-electron chi connectivity index (χ3n) is 3.99. The van der Waals surface area contributed by atoms with Gasteiger partial charge in [-0.25, -0.2) is 0 Å². The number of ether oxygens (including phenoxy) is 1. The Kier molecular flexibility index (Phi) is 5.22. The first kappa shape index (κ1) is 13.3. The Morgan fingerprint density at radius 2 is 2.12 bits per heavy atom. The molecule has 17 heavy (non-hydrogen) atoms. The van der Waals surface area contributed by atoms with E-state index in [1.165, 1.54) is 39.0 Å². The van der Waals surface area contributed by atoms with Crippen LogP contribution in [0.5, 0.6) is 0 Å². The summed E-state index contributed by atoms with van der Waals surface area (Å²) in [6.07, 6.45) is 2.59. The molecule has 0 aromatic rings. The zero-order valence-corrected chi connectivity index (χ0v) is 11.3. The highest BCUT2D eigenvalue weighted by atomic mass is 16.5. The Bertz CT molecular complexity index is 225. The van der Waals surface area contributed by atoms with Crippen molar-refractivity contribution >= 4 is 0 Å². The van der Waals surface area contributed by atoms with E-state index in [9.17, 15) is 0 Å². The van der Waals surface area contributed by atoms with Crippen LogP contribution in [0, 0.1) is 5.92 Å². The second kappa shape index (κ2) is 6.69. The fraction of sp³-hybridized carbons (Fsp3) is 1.00. The van der Waals surface area contributed by atoms with Gasteiger partial charge in [-0.1, -0.05) is 0 Å². The molecule has 2 atom stereocenters. The number of hydrogen-bond acceptors (Lipinski definition) is 4. The third-order valence-corrected chi connectivity index (χ3v) is 3.99. The fourth-order valence-electron chi connectivity index (χ4n) is 2.54. The summed E-state index contributed by atoms with van der Waals surface area (Å²) in [5, 5.41) is 3.30. The first-order valence-electron chi connectivity index (χ1n) is 6.95. The summed E-state index contributed by atoms with van der Waals surface area (Å²) in [6, 6.07) is 0.724. The van der Waals surface area contributed by atoms with E-state index in [-0.39, 0.29) is 0 Å². The Labute approximate surface area is 105 Å². The van der Waals surface area contributed by atoms with Gasteiger partial charge in [-0.15, -0.1) is 0 Å². The van der Waals surface area contributed by atoms with Gasteiger partial charge in [-0.3, -0.25) is 4.90 Å². The Balaban J connectivity index is 1.50. The van der Waals surface area contributed by atoms with Crippen molar-refractivity contribution in [3.63, 3.8) is 0 Å². The van der Waals surface area contributed by atoms with E-state index in [1.807, 2.05) is 7.05 Å². The van der Waals surface area contributed by atoms with Gasteiger partial charge in [0.15, 0.2) is 0 Å². The standard InChI is InChI=1S/C13H27N3O/c1-14-13-10-12(13)11-17-9-8-16-5-3-4-15(2)6-7-16/h12-14H,3-11H2,1-2H3/t12-,13-/m0/s1. The third kappa shape index (κ3) is 4.54. The Morgan fingerprint density at radius 3 is 2.88 bits per heavy atom. The molecule has 1 saturated carbocycles. The summed E-state index contributed by atoms with van der Waals surface area (Å²) in [7, 11) is 4.25. The number of nitrogens with zero attached hydrogens (tertiary/aromatic N) is 2. The van der Waals surface area contributed by atoms with Crippen molar-refractivity contribution in [3.05, 3.63) is 0 Å². The van der Waals surface area contributed by atoms with Crippen molar-refractivity contribution in [3.8, 4) is 0 Å². The zero-order chi connectivity index (χ0) is 12.1. The lowest BCUT2D eigenvalue weighted by Crippen LogP contribution is -2.32. The van der Waals surface area contributed by atoms with Gasteiger partial charge in [-0.2, -0.15) is 0 Å². The Morgan fingerprint density at radius 1 is 1.24 bits per heavy atom. The van der Waals surface area contributed by atoms with Gasteiger partial charge in [0.25, 0.3) is 0 Å². The predicted molar refractivity (Wildman–Crippen MR) is 70.3 cm³/mol. The average molecular weight is 241 g/mol. The van der Waals surface area contributed by atoms with Crippen LogP contribution >= 0.6 is 0 Å². The van der Waals surface area contributed by atoms with E-state index in [0.29, 0.717) is 0 Å². The van der Waals surface area contributed by atoms with Crippen molar-refractivity contribution in [1.29, 1.82) is 0 Å². The molecule has 1 heterocycles. The van der Waals surface area contributed by atoms with Crippen molar-refractivity contribution in [2.45, 2.75) is 18.9 Å². The molecule has 0 aromatic carbocycles. The number of hydrogen-bond donors (Lipinski definition) is 1. The molecule has 4 heteroatoms. The maximum Gasteiger partial charge on any atom is 0.0593 e. The highest BCUT2D eigenvalue weighted by Crippen LogP contribution is 2.29. The molecule has 1 saturated heterocycles. The first-order chi connectivity index (χ1) is 8.29. The van der Waals surface area contributed by atoms with Crippen LogP contribution in [0.15, 0.2) is 0 Å². The summed E-state index contributed by atoms with van der Waals surface area (Å²) < 4.78 is 5.76. The lowest BCUT2D eigenvalue weighted by atomic mass is 10.4. The van der Waals surface area contributed by atoms with Gasteiger partial charge in [-0.05, 0) is 45.9 Å². The lowest BCUT2D eigenvalue weighted by Gasteiger charge is -2.19. The molecule has 0 bridgehead atoms. The molecular weight excluding hydrogens is 214 g/mol. The molecule has 1 N–H and O–H groups in total. The minimum Gasteiger partial charge on any atom is -0.380 e. The second-order valence-corrected chi connectivity index (χ2v) is 5.46. The summed E-state index contributed by atoms with van der Waals surface area (Å²) in [4.78, 5) is 4.95. The molecule has 100 valence electrons. The molecule has 2 rings (SSSR count). The van der Waals surface area contributed by atoms with Crippen molar-refractivity contribution in [2.24, 2.45) is 5.92 Å². The molecule has 4 nitrogen and oxygen atoms in total. The smallest absolute Gasteiger partial charge is 0.0593 e. The van der Waals surface area contributed by atoms with Crippen LogP contribution in [0.3, 0.4) is 0 Å². The van der Waals surface area contributed by atoms with Gasteiger partial charge >= 0.3 is 0 Å². The van der Waals surface area contributed by atoms with Crippen LogP contribution in [-0.2, 0) is 4.74 Å². The van der Waals surface area contributed by atoms with Crippen LogP contribution in [-0.4, -0.2) is 75.9 Å². The highest BCUT2D eigenvalue weighted by Gasteiger charge is 2.35. The number of rotatable bonds is 6. The molecule has 2 aliphatic rings. The molecule has 0 aromatic heterocycles. The zero-order valence-electron chi connectivity index (χ0n) is 11.3. The van der Waals surface area contributed by atoms with Crippen LogP contribution in [0.4, 0.5) is 0 Å². The fourth-order valence-corrected chi connectivity index (χ4v) is 2.54. The predicted octanol–water partition coefficient (Wildman–Crippen LogP) is 0.248. The van der Waals surface area contributed by atoms with Gasteiger partial charge in [0.1, 0.15) is 0 Å². The molecule has 0 unspecified atom stereocenters. The van der Waals surface area contributed by atoms with E-state index < -0.39 is 0 Å². The molecular formula is C13H27N3O. The first-order valence-corrected chi connectivity index (χ1v) is 6.95. The molecule has 1 aliphatic carbocycles. The minimum absolute atomic E-state index is 0.724. The average Bonchev–Trinajstić information content (AvgIpc) is 3.10. The quantitative estimate of drug-likeness (QED) is 0.675. The maximum absolute atomic E-state index is 5.76. The van der Waals surface area contributed by atoms with Crippen LogP contribution in [0.25, 0.3) is 0 Å². The topological polar surface area (TPSA) is 27.7 Å². The normalized spacial score (nSPS) is 31.4. The Hall–Kier alpha value is -0.160. The van der Waals surface area contributed by atoms with E-state index in [4.69, 9.17) is 4.74 Å². The van der Waals surface area contributed by atoms with E-state index in [2.05, 4.69) is 22.2 Å². The van der Waals surface area contributed by atoms with Crippen LogP contribution in [0.2, 0.25) is 0 Å². The van der Waals surface area contributed by atoms with Gasteiger partial charge in [0.2, 0.25) is 0 Å². The van der Waals surface area contributed by atoms with Crippen LogP contribution in [0.1, 0.15) is 12.8 Å². The summed E-state index contributed by atoms with van der Waals surface area (Å²) in [5.41, 5.74) is 0. The second-order valence-electron chi connectivity index (χ2n) is 5.46. The van der Waals surface area contributed by atoms with Crippen LogP contribution < -0.4 is 5.32 Å². The molecule has 0 amide bonds. The summed E-state index contributed by atoms with van der Waals surface area (Å²) in [5.74, 6) is 0.773. The monoisotopic (exact) mass is 241 g/mol.